The number of amides is 1. The van der Waals surface area contributed by atoms with Crippen LogP contribution in [0.25, 0.3) is 16.8 Å². The van der Waals surface area contributed by atoms with E-state index in [-0.39, 0.29) is 22.7 Å². The Balaban J connectivity index is 1.73. The van der Waals surface area contributed by atoms with E-state index in [0.717, 1.165) is 27.9 Å². The molecule has 1 amide bonds. The number of nitrogens with zero attached hydrogens (tertiary/aromatic N) is 3. The molecule has 0 spiro atoms. The lowest BCUT2D eigenvalue weighted by atomic mass is 9.84. The van der Waals surface area contributed by atoms with Gasteiger partial charge in [0.05, 0.1) is 29.3 Å². The van der Waals surface area contributed by atoms with E-state index in [1.54, 1.807) is 12.1 Å². The predicted molar refractivity (Wildman–Crippen MR) is 167 cm³/mol. The Morgan fingerprint density at radius 2 is 1.69 bits per heavy atom. The Bertz CT molecular complexity index is 1690. The molecule has 8 heteroatoms. The number of aliphatic hydroxyl groups excluding tert-OH is 1. The molecular formula is C34H38N4O4. The van der Waals surface area contributed by atoms with Gasteiger partial charge in [0.1, 0.15) is 11.5 Å². The number of hydrogen-bond donors (Lipinski definition) is 2. The Hall–Kier alpha value is -4.59. The lowest BCUT2D eigenvalue weighted by Crippen LogP contribution is -2.30. The number of benzene rings is 3. The second-order valence-electron chi connectivity index (χ2n) is 12.1. The molecule has 5 rings (SSSR count). The lowest BCUT2D eigenvalue weighted by molar-refractivity contribution is -0.132. The number of anilines is 2. The molecule has 218 valence electrons. The molecule has 0 bridgehead atoms. The van der Waals surface area contributed by atoms with Crippen LogP contribution >= 0.6 is 0 Å². The van der Waals surface area contributed by atoms with Gasteiger partial charge in [-0.05, 0) is 85.3 Å². The van der Waals surface area contributed by atoms with Gasteiger partial charge in [-0.25, -0.2) is 4.98 Å². The largest absolute Gasteiger partial charge is 0.507 e. The number of carbonyl (C=O) groups excluding carboxylic acids is 2. The first-order chi connectivity index (χ1) is 19.8. The summed E-state index contributed by atoms with van der Waals surface area (Å²) in [6.45, 7) is 12.6. The summed E-state index contributed by atoms with van der Waals surface area (Å²) in [6.07, 6.45) is 0. The van der Waals surface area contributed by atoms with Gasteiger partial charge in [0.15, 0.2) is 0 Å². The molecular weight excluding hydrogens is 528 g/mol. The number of carbonyl (C=O) groups is 2. The highest BCUT2D eigenvalue weighted by atomic mass is 16.5. The molecule has 8 nitrogen and oxygen atoms in total. The zero-order valence-corrected chi connectivity index (χ0v) is 25.5. The molecule has 0 aliphatic carbocycles. The molecule has 2 N–H and O–H groups in total. The van der Waals surface area contributed by atoms with E-state index < -0.39 is 17.7 Å². The van der Waals surface area contributed by atoms with Crippen molar-refractivity contribution in [3.63, 3.8) is 0 Å². The number of hydrogen-bond acceptors (Lipinski definition) is 6. The molecule has 1 aliphatic heterocycles. The van der Waals surface area contributed by atoms with Crippen LogP contribution in [0.15, 0.2) is 60.2 Å². The number of ketones is 1. The van der Waals surface area contributed by atoms with Crippen molar-refractivity contribution in [2.24, 2.45) is 0 Å². The van der Waals surface area contributed by atoms with Gasteiger partial charge >= 0.3 is 5.91 Å². The summed E-state index contributed by atoms with van der Waals surface area (Å²) in [5.74, 6) is -0.805. The van der Waals surface area contributed by atoms with Crippen molar-refractivity contribution in [3.8, 4) is 5.75 Å². The number of rotatable bonds is 6. The third-order valence-electron chi connectivity index (χ3n) is 7.84. The SMILES string of the molecule is CCOc1ccc(/C(O)=C2\C(=O)C(=O)N(c3nc4cc(C)c(C)cc4[nH]3)C2c2ccc(N(C)C)cc2)cc1C(C)(C)C. The number of ether oxygens (including phenoxy) is 1. The van der Waals surface area contributed by atoms with Crippen LogP contribution in [0.5, 0.6) is 5.75 Å². The number of nitrogens with one attached hydrogen (secondary N) is 1. The van der Waals surface area contributed by atoms with Crippen LogP contribution in [0.3, 0.4) is 0 Å². The zero-order chi connectivity index (χ0) is 30.5. The number of Topliss-reactive ketones (excluding diaryl/α,β-unsaturated/α-hetero) is 1. The van der Waals surface area contributed by atoms with Gasteiger partial charge in [-0.15, -0.1) is 0 Å². The molecule has 4 aromatic rings. The maximum absolute atomic E-state index is 13.8. The van der Waals surface area contributed by atoms with Crippen molar-refractivity contribution < 1.29 is 19.4 Å². The van der Waals surface area contributed by atoms with Gasteiger partial charge in [-0.3, -0.25) is 14.5 Å². The fourth-order valence-electron chi connectivity index (χ4n) is 5.39. The van der Waals surface area contributed by atoms with Crippen LogP contribution in [0, 0.1) is 13.8 Å². The normalized spacial score (nSPS) is 16.9. The average molecular weight is 567 g/mol. The van der Waals surface area contributed by atoms with Crippen molar-refractivity contribution in [2.45, 2.75) is 53.0 Å². The predicted octanol–water partition coefficient (Wildman–Crippen LogP) is 6.57. The first-order valence-corrected chi connectivity index (χ1v) is 14.1. The molecule has 1 saturated heterocycles. The monoisotopic (exact) mass is 566 g/mol. The molecule has 0 radical (unpaired) electrons. The highest BCUT2D eigenvalue weighted by Gasteiger charge is 2.48. The van der Waals surface area contributed by atoms with E-state index in [4.69, 9.17) is 9.72 Å². The number of aromatic nitrogens is 2. The molecule has 42 heavy (non-hydrogen) atoms. The van der Waals surface area contributed by atoms with E-state index >= 15 is 0 Å². The van der Waals surface area contributed by atoms with Gasteiger partial charge in [-0.1, -0.05) is 32.9 Å². The molecule has 1 aromatic heterocycles. The maximum Gasteiger partial charge on any atom is 0.302 e. The zero-order valence-electron chi connectivity index (χ0n) is 25.5. The first-order valence-electron chi connectivity index (χ1n) is 14.1. The fourth-order valence-corrected chi connectivity index (χ4v) is 5.39. The van der Waals surface area contributed by atoms with Crippen molar-refractivity contribution >= 4 is 40.1 Å². The van der Waals surface area contributed by atoms with Crippen LogP contribution in [0.2, 0.25) is 0 Å². The van der Waals surface area contributed by atoms with Crippen LogP contribution < -0.4 is 14.5 Å². The third-order valence-corrected chi connectivity index (χ3v) is 7.84. The molecule has 3 aromatic carbocycles. The summed E-state index contributed by atoms with van der Waals surface area (Å²) < 4.78 is 5.86. The molecule has 2 heterocycles. The molecule has 1 atom stereocenters. The Labute approximate surface area is 246 Å². The minimum Gasteiger partial charge on any atom is -0.507 e. The number of aliphatic hydroxyl groups is 1. The average Bonchev–Trinajstić information content (AvgIpc) is 3.45. The maximum atomic E-state index is 13.8. The van der Waals surface area contributed by atoms with Crippen molar-refractivity contribution in [2.75, 3.05) is 30.5 Å². The fraction of sp³-hybridized carbons (Fsp3) is 0.324. The highest BCUT2D eigenvalue weighted by Crippen LogP contribution is 2.43. The summed E-state index contributed by atoms with van der Waals surface area (Å²) in [7, 11) is 3.89. The van der Waals surface area contributed by atoms with Crippen LogP contribution in [0.4, 0.5) is 11.6 Å². The van der Waals surface area contributed by atoms with Crippen molar-refractivity contribution in [1.29, 1.82) is 0 Å². The van der Waals surface area contributed by atoms with E-state index in [1.165, 1.54) is 4.90 Å². The second kappa shape index (κ2) is 10.7. The van der Waals surface area contributed by atoms with E-state index in [2.05, 4.69) is 25.8 Å². The van der Waals surface area contributed by atoms with E-state index in [0.29, 0.717) is 29.0 Å². The Morgan fingerprint density at radius 1 is 1.02 bits per heavy atom. The number of H-pyrrole nitrogens is 1. The van der Waals surface area contributed by atoms with Crippen LogP contribution in [-0.4, -0.2) is 47.5 Å². The van der Waals surface area contributed by atoms with Gasteiger partial charge in [0, 0.05) is 30.9 Å². The number of imidazole rings is 1. The van der Waals surface area contributed by atoms with E-state index in [1.807, 2.05) is 82.2 Å². The number of aryl methyl sites for hydroxylation is 2. The van der Waals surface area contributed by atoms with Crippen molar-refractivity contribution in [3.05, 3.63) is 88.0 Å². The smallest absolute Gasteiger partial charge is 0.302 e. The summed E-state index contributed by atoms with van der Waals surface area (Å²) in [6, 6.07) is 16.0. The van der Waals surface area contributed by atoms with Gasteiger partial charge in [0.2, 0.25) is 5.95 Å². The topological polar surface area (TPSA) is 98.8 Å². The Morgan fingerprint density at radius 3 is 2.31 bits per heavy atom. The molecule has 1 unspecified atom stereocenters. The second-order valence-corrected chi connectivity index (χ2v) is 12.1. The summed E-state index contributed by atoms with van der Waals surface area (Å²) in [5.41, 5.74) is 6.29. The molecule has 1 fully saturated rings. The number of aromatic amines is 1. The summed E-state index contributed by atoms with van der Waals surface area (Å²) >= 11 is 0. The third kappa shape index (κ3) is 5.02. The van der Waals surface area contributed by atoms with E-state index in [9.17, 15) is 14.7 Å². The van der Waals surface area contributed by atoms with Gasteiger partial charge in [0.25, 0.3) is 5.78 Å². The quantitative estimate of drug-likeness (QED) is 0.156. The standard InChI is InChI=1S/C34H38N4O4/c1-9-42-27-15-12-22(18-24(27)34(4,5)6)30(39)28-29(21-10-13-23(14-11-21)37(7)8)38(32(41)31(28)40)33-35-25-16-19(2)20(3)17-26(25)36-33/h10-18,29,39H,9H2,1-8H3,(H,35,36)/b30-28+. The number of fused-ring (bicyclic) bond motifs is 1. The first kappa shape index (κ1) is 28.9. The summed E-state index contributed by atoms with van der Waals surface area (Å²) in [4.78, 5) is 38.8. The molecule has 1 aliphatic rings. The summed E-state index contributed by atoms with van der Waals surface area (Å²) in [5, 5.41) is 11.8. The van der Waals surface area contributed by atoms with Gasteiger partial charge in [-0.2, -0.15) is 0 Å². The lowest BCUT2D eigenvalue weighted by Gasteiger charge is -2.25. The van der Waals surface area contributed by atoms with Crippen LogP contribution in [-0.2, 0) is 15.0 Å². The minimum atomic E-state index is -0.895. The Kier molecular flexibility index (Phi) is 7.35. The highest BCUT2D eigenvalue weighted by molar-refractivity contribution is 6.51. The minimum absolute atomic E-state index is 0.00874. The molecule has 0 saturated carbocycles. The van der Waals surface area contributed by atoms with Crippen molar-refractivity contribution in [1.82, 2.24) is 9.97 Å². The van der Waals surface area contributed by atoms with Crippen LogP contribution in [0.1, 0.15) is 61.6 Å². The van der Waals surface area contributed by atoms with Gasteiger partial charge < -0.3 is 19.7 Å².